The van der Waals surface area contributed by atoms with Gasteiger partial charge in [0.2, 0.25) is 0 Å². The molecule has 0 bridgehead atoms. The third kappa shape index (κ3) is 4.53. The Morgan fingerprint density at radius 3 is 2.70 bits per heavy atom. The smallest absolute Gasteiger partial charge is 0.319 e. The predicted octanol–water partition coefficient (Wildman–Crippen LogP) is 3.38. The average Bonchev–Trinajstić information content (AvgIpc) is 2.66. The molecule has 0 aliphatic carbocycles. The molecule has 0 spiro atoms. The summed E-state index contributed by atoms with van der Waals surface area (Å²) < 4.78 is 0. The molecule has 0 unspecified atom stereocenters. The van der Waals surface area contributed by atoms with Crippen LogP contribution in [0.5, 0.6) is 0 Å². The topological polar surface area (TPSA) is 91.1 Å². The summed E-state index contributed by atoms with van der Waals surface area (Å²) >= 11 is 0. The summed E-state index contributed by atoms with van der Waals surface area (Å²) in [5, 5.41) is 19.2. The molecule has 6 heteroatoms. The Bertz CT molecular complexity index is 1020. The van der Waals surface area contributed by atoms with Crippen LogP contribution in [0, 0.1) is 25.2 Å². The molecule has 0 aliphatic rings. The summed E-state index contributed by atoms with van der Waals surface area (Å²) in [7, 11) is 0. The number of aromatic amines is 1. The molecule has 6 nitrogen and oxygen atoms in total. The molecule has 3 rings (SSSR count). The molecule has 2 amide bonds. The Labute approximate surface area is 158 Å². The van der Waals surface area contributed by atoms with Crippen molar-refractivity contribution in [3.8, 4) is 6.07 Å². The summed E-state index contributed by atoms with van der Waals surface area (Å²) in [6.07, 6.45) is 0. The van der Waals surface area contributed by atoms with Gasteiger partial charge in [0.05, 0.1) is 6.54 Å². The van der Waals surface area contributed by atoms with E-state index in [-0.39, 0.29) is 6.03 Å². The van der Waals surface area contributed by atoms with Gasteiger partial charge in [-0.25, -0.2) is 9.78 Å². The van der Waals surface area contributed by atoms with Crippen molar-refractivity contribution in [3.63, 3.8) is 0 Å². The number of anilines is 2. The molecule has 0 radical (unpaired) electrons. The largest absolute Gasteiger partial charge is 0.334 e. The summed E-state index contributed by atoms with van der Waals surface area (Å²) in [6.45, 7) is 4.87. The molecule has 0 saturated heterocycles. The first-order chi connectivity index (χ1) is 13.1. The normalized spacial score (nSPS) is 10.3. The maximum Gasteiger partial charge on any atom is 0.319 e. The standard InChI is InChI=1S/C21H21N5O/c1-14-7-8-16-12-17(13-22)20(25-19(16)11-14)23-9-10-24-21(27)26-18-6-4-3-5-15(18)2/h3-8,11-12H,9-10H2,1-2H3,(H,23,25)(H2,24,26,27)/p+1. The highest BCUT2D eigenvalue weighted by atomic mass is 16.2. The minimum Gasteiger partial charge on any atom is -0.334 e. The first kappa shape index (κ1) is 18.2. The highest BCUT2D eigenvalue weighted by Gasteiger charge is 2.12. The number of fused-ring (bicyclic) bond motifs is 1. The lowest BCUT2D eigenvalue weighted by molar-refractivity contribution is -0.327. The van der Waals surface area contributed by atoms with Crippen LogP contribution in [-0.2, 0) is 0 Å². The van der Waals surface area contributed by atoms with E-state index in [2.05, 4.69) is 27.0 Å². The van der Waals surface area contributed by atoms with Crippen molar-refractivity contribution in [1.29, 1.82) is 5.26 Å². The zero-order valence-electron chi connectivity index (χ0n) is 15.4. The highest BCUT2D eigenvalue weighted by Crippen LogP contribution is 2.17. The summed E-state index contributed by atoms with van der Waals surface area (Å²) in [4.78, 5) is 15.3. The lowest BCUT2D eigenvalue weighted by Gasteiger charge is -2.09. The molecule has 2 aromatic carbocycles. The van der Waals surface area contributed by atoms with E-state index in [9.17, 15) is 10.1 Å². The van der Waals surface area contributed by atoms with Crippen LogP contribution in [0.4, 0.5) is 16.3 Å². The molecule has 136 valence electrons. The van der Waals surface area contributed by atoms with Gasteiger partial charge in [0.15, 0.2) is 0 Å². The lowest BCUT2D eigenvalue weighted by Crippen LogP contribution is -2.33. The number of para-hydroxylation sites is 1. The van der Waals surface area contributed by atoms with Gasteiger partial charge in [-0.1, -0.05) is 30.3 Å². The number of rotatable bonds is 5. The van der Waals surface area contributed by atoms with E-state index in [1.54, 1.807) is 0 Å². The van der Waals surface area contributed by atoms with Crippen LogP contribution in [0.2, 0.25) is 0 Å². The number of hydrogen-bond acceptors (Lipinski definition) is 3. The maximum absolute atomic E-state index is 12.0. The molecule has 27 heavy (non-hydrogen) atoms. The summed E-state index contributed by atoms with van der Waals surface area (Å²) in [5.74, 6) is 0.650. The Kier molecular flexibility index (Phi) is 5.53. The van der Waals surface area contributed by atoms with Gasteiger partial charge in [-0.05, 0) is 43.2 Å². The van der Waals surface area contributed by atoms with Gasteiger partial charge in [-0.15, -0.1) is 0 Å². The van der Waals surface area contributed by atoms with Crippen LogP contribution in [0.25, 0.3) is 10.9 Å². The van der Waals surface area contributed by atoms with E-state index in [4.69, 9.17) is 0 Å². The van der Waals surface area contributed by atoms with E-state index in [1.807, 2.05) is 62.4 Å². The van der Waals surface area contributed by atoms with E-state index in [1.165, 1.54) is 0 Å². The second kappa shape index (κ2) is 8.19. The quantitative estimate of drug-likeness (QED) is 0.609. The number of benzene rings is 2. The molecule has 4 N–H and O–H groups in total. The first-order valence-corrected chi connectivity index (χ1v) is 8.78. The van der Waals surface area contributed by atoms with Crippen molar-refractivity contribution >= 4 is 28.4 Å². The fourth-order valence-corrected chi connectivity index (χ4v) is 2.80. The van der Waals surface area contributed by atoms with Gasteiger partial charge in [0.25, 0.3) is 5.82 Å². The molecule has 3 aromatic rings. The number of H-pyrrole nitrogens is 1. The van der Waals surface area contributed by atoms with Gasteiger partial charge in [0, 0.05) is 11.1 Å². The number of nitrogens with zero attached hydrogens (tertiary/aromatic N) is 1. The van der Waals surface area contributed by atoms with Crippen molar-refractivity contribution in [2.45, 2.75) is 13.8 Å². The molecule has 0 aliphatic heterocycles. The van der Waals surface area contributed by atoms with E-state index in [0.717, 1.165) is 27.7 Å². The van der Waals surface area contributed by atoms with Crippen LogP contribution in [-0.4, -0.2) is 19.1 Å². The number of carbonyl (C=O) groups is 1. The molecule has 0 atom stereocenters. The molecular formula is C21H22N5O+. The third-order valence-electron chi connectivity index (χ3n) is 4.26. The number of amides is 2. The van der Waals surface area contributed by atoms with Crippen molar-refractivity contribution in [2.24, 2.45) is 0 Å². The number of carbonyl (C=O) groups excluding carboxylic acids is 1. The van der Waals surface area contributed by atoms with Gasteiger partial charge >= 0.3 is 6.03 Å². The zero-order valence-corrected chi connectivity index (χ0v) is 15.4. The van der Waals surface area contributed by atoms with Crippen LogP contribution >= 0.6 is 0 Å². The average molecular weight is 360 g/mol. The number of nitrogens with one attached hydrogen (secondary N) is 4. The van der Waals surface area contributed by atoms with Crippen LogP contribution in [0.1, 0.15) is 16.7 Å². The second-order valence-corrected chi connectivity index (χ2v) is 6.38. The van der Waals surface area contributed by atoms with E-state index >= 15 is 0 Å². The predicted molar refractivity (Wildman–Crippen MR) is 107 cm³/mol. The van der Waals surface area contributed by atoms with Crippen molar-refractivity contribution in [3.05, 3.63) is 65.2 Å². The fraction of sp³-hybridized carbons (Fsp3) is 0.190. The zero-order chi connectivity index (χ0) is 19.2. The third-order valence-corrected chi connectivity index (χ3v) is 4.26. The highest BCUT2D eigenvalue weighted by molar-refractivity contribution is 5.90. The first-order valence-electron chi connectivity index (χ1n) is 8.78. The minimum atomic E-state index is -0.260. The van der Waals surface area contributed by atoms with Gasteiger partial charge < -0.3 is 10.6 Å². The Hall–Kier alpha value is -3.59. The maximum atomic E-state index is 12.0. The number of hydrogen-bond donors (Lipinski definition) is 3. The van der Waals surface area contributed by atoms with Crippen molar-refractivity contribution < 1.29 is 9.78 Å². The Morgan fingerprint density at radius 2 is 1.93 bits per heavy atom. The van der Waals surface area contributed by atoms with E-state index in [0.29, 0.717) is 24.5 Å². The fourth-order valence-electron chi connectivity index (χ4n) is 2.80. The number of aryl methyl sites for hydroxylation is 2. The number of nitriles is 1. The van der Waals surface area contributed by atoms with Crippen LogP contribution in [0.15, 0.2) is 48.5 Å². The van der Waals surface area contributed by atoms with Crippen molar-refractivity contribution in [1.82, 2.24) is 5.32 Å². The van der Waals surface area contributed by atoms with Crippen LogP contribution < -0.4 is 20.9 Å². The summed E-state index contributed by atoms with van der Waals surface area (Å²) in [6, 6.07) is 17.4. The molecule has 1 heterocycles. The Morgan fingerprint density at radius 1 is 1.11 bits per heavy atom. The van der Waals surface area contributed by atoms with Crippen LogP contribution in [0.3, 0.4) is 0 Å². The molecule has 0 fully saturated rings. The van der Waals surface area contributed by atoms with Crippen molar-refractivity contribution in [2.75, 3.05) is 23.7 Å². The summed E-state index contributed by atoms with van der Waals surface area (Å²) in [5.41, 5.74) is 4.43. The monoisotopic (exact) mass is 360 g/mol. The SMILES string of the molecule is Cc1ccc2cc(C#N)c(NCCNC(=O)Nc3ccccc3C)[nH+]c2c1. The van der Waals surface area contributed by atoms with Gasteiger partial charge in [-0.3, -0.25) is 5.32 Å². The number of urea groups is 1. The number of pyridine rings is 1. The molecular weight excluding hydrogens is 338 g/mol. The van der Waals surface area contributed by atoms with Gasteiger partial charge in [0.1, 0.15) is 23.7 Å². The molecule has 0 saturated carbocycles. The van der Waals surface area contributed by atoms with Gasteiger partial charge in [-0.2, -0.15) is 5.26 Å². The number of aromatic nitrogens is 1. The Balaban J connectivity index is 1.58. The second-order valence-electron chi connectivity index (χ2n) is 6.38. The molecule has 1 aromatic heterocycles. The lowest BCUT2D eigenvalue weighted by atomic mass is 10.1. The minimum absolute atomic E-state index is 0.260. The van der Waals surface area contributed by atoms with E-state index < -0.39 is 0 Å².